The maximum atomic E-state index is 13.5. The molecule has 0 aromatic heterocycles. The van der Waals surface area contributed by atoms with E-state index in [-0.39, 0.29) is 5.82 Å². The molecule has 0 saturated heterocycles. The van der Waals surface area contributed by atoms with Gasteiger partial charge in [-0.15, -0.1) is 0 Å². The summed E-state index contributed by atoms with van der Waals surface area (Å²) in [4.78, 5) is 0. The van der Waals surface area contributed by atoms with Gasteiger partial charge in [0, 0.05) is 24.2 Å². The minimum atomic E-state index is -0.184. The average Bonchev–Trinajstić information content (AvgIpc) is 2.48. The van der Waals surface area contributed by atoms with Gasteiger partial charge in [0.05, 0.1) is 0 Å². The fraction of sp³-hybridized carbons (Fsp3) is 0.176. The summed E-state index contributed by atoms with van der Waals surface area (Å²) in [6.45, 7) is 5.23. The van der Waals surface area contributed by atoms with Crippen LogP contribution in [-0.4, -0.2) is 6.61 Å². The lowest BCUT2D eigenvalue weighted by Crippen LogP contribution is -2.14. The van der Waals surface area contributed by atoms with Crippen molar-refractivity contribution in [3.63, 3.8) is 0 Å². The van der Waals surface area contributed by atoms with Gasteiger partial charge in [0.25, 0.3) is 0 Å². The second-order valence-corrected chi connectivity index (χ2v) is 4.40. The molecule has 0 unspecified atom stereocenters. The third-order valence-electron chi connectivity index (χ3n) is 2.92. The van der Waals surface area contributed by atoms with Crippen molar-refractivity contribution in [2.45, 2.75) is 13.1 Å². The Labute approximate surface area is 118 Å². The molecule has 20 heavy (non-hydrogen) atoms. The van der Waals surface area contributed by atoms with Crippen LogP contribution in [0.3, 0.4) is 0 Å². The normalized spacial score (nSPS) is 10.2. The molecule has 104 valence electrons. The number of benzene rings is 2. The van der Waals surface area contributed by atoms with Gasteiger partial charge >= 0.3 is 0 Å². The largest absolute Gasteiger partial charge is 0.489 e. The Bertz CT molecular complexity index is 568. The van der Waals surface area contributed by atoms with Crippen LogP contribution in [0.4, 0.5) is 4.39 Å². The first-order valence-corrected chi connectivity index (χ1v) is 6.57. The molecule has 0 radical (unpaired) electrons. The average molecular weight is 271 g/mol. The summed E-state index contributed by atoms with van der Waals surface area (Å²) in [6, 6.07) is 14.6. The molecule has 1 N–H and O–H groups in total. The van der Waals surface area contributed by atoms with Gasteiger partial charge in [0.15, 0.2) is 0 Å². The number of halogens is 1. The zero-order valence-corrected chi connectivity index (χ0v) is 11.3. The first-order chi connectivity index (χ1) is 9.81. The number of hydrogen-bond acceptors (Lipinski definition) is 2. The molecule has 0 fully saturated rings. The van der Waals surface area contributed by atoms with Crippen molar-refractivity contribution in [2.75, 3.05) is 6.61 Å². The lowest BCUT2D eigenvalue weighted by molar-refractivity contribution is 0.358. The van der Waals surface area contributed by atoms with Crippen molar-refractivity contribution in [3.05, 3.63) is 78.1 Å². The third kappa shape index (κ3) is 3.93. The van der Waals surface area contributed by atoms with E-state index >= 15 is 0 Å². The van der Waals surface area contributed by atoms with Crippen molar-refractivity contribution in [3.8, 4) is 5.75 Å². The Morgan fingerprint density at radius 3 is 2.40 bits per heavy atom. The molecular formula is C17H18FNO. The van der Waals surface area contributed by atoms with Crippen LogP contribution in [0.25, 0.3) is 0 Å². The van der Waals surface area contributed by atoms with Gasteiger partial charge in [-0.3, -0.25) is 0 Å². The molecule has 3 heteroatoms. The lowest BCUT2D eigenvalue weighted by Gasteiger charge is -2.11. The standard InChI is InChI=1S/C17H18FNO/c1-2-11-20-17-10-6-4-8-15(17)13-19-12-14-7-3-5-9-16(14)18/h2-10,19H,1,11-13H2. The highest BCUT2D eigenvalue weighted by atomic mass is 19.1. The molecule has 0 bridgehead atoms. The van der Waals surface area contributed by atoms with Crippen LogP contribution in [0, 0.1) is 5.82 Å². The Morgan fingerprint density at radius 1 is 1.00 bits per heavy atom. The summed E-state index contributed by atoms with van der Waals surface area (Å²) in [5.74, 6) is 0.643. The molecule has 0 heterocycles. The van der Waals surface area contributed by atoms with E-state index < -0.39 is 0 Å². The van der Waals surface area contributed by atoms with E-state index in [2.05, 4.69) is 11.9 Å². The molecule has 2 nitrogen and oxygen atoms in total. The Morgan fingerprint density at radius 2 is 1.65 bits per heavy atom. The third-order valence-corrected chi connectivity index (χ3v) is 2.92. The van der Waals surface area contributed by atoms with Gasteiger partial charge in [0.1, 0.15) is 18.2 Å². The second-order valence-electron chi connectivity index (χ2n) is 4.40. The van der Waals surface area contributed by atoms with E-state index in [1.54, 1.807) is 18.2 Å². The van der Waals surface area contributed by atoms with Crippen LogP contribution in [0.5, 0.6) is 5.75 Å². The molecule has 0 spiro atoms. The summed E-state index contributed by atoms with van der Waals surface area (Å²) in [5.41, 5.74) is 1.71. The summed E-state index contributed by atoms with van der Waals surface area (Å²) in [5, 5.41) is 3.23. The Kier molecular flexibility index (Phi) is 5.33. The highest BCUT2D eigenvalue weighted by Gasteiger charge is 2.03. The van der Waals surface area contributed by atoms with E-state index in [1.807, 2.05) is 30.3 Å². The molecule has 0 amide bonds. The van der Waals surface area contributed by atoms with E-state index in [0.717, 1.165) is 11.3 Å². The highest BCUT2D eigenvalue weighted by Crippen LogP contribution is 2.18. The minimum Gasteiger partial charge on any atom is -0.489 e. The van der Waals surface area contributed by atoms with Gasteiger partial charge in [0.2, 0.25) is 0 Å². The second kappa shape index (κ2) is 7.46. The molecule has 0 atom stereocenters. The monoisotopic (exact) mass is 271 g/mol. The van der Waals surface area contributed by atoms with Gasteiger partial charge < -0.3 is 10.1 Å². The number of hydrogen-bond donors (Lipinski definition) is 1. The van der Waals surface area contributed by atoms with Crippen molar-refractivity contribution >= 4 is 0 Å². The van der Waals surface area contributed by atoms with Crippen LogP contribution in [-0.2, 0) is 13.1 Å². The number of rotatable bonds is 7. The molecule has 2 aromatic rings. The molecule has 0 aliphatic rings. The molecule has 2 aromatic carbocycles. The van der Waals surface area contributed by atoms with Crippen molar-refractivity contribution in [1.29, 1.82) is 0 Å². The SMILES string of the molecule is C=CCOc1ccccc1CNCc1ccccc1F. The number of ether oxygens (including phenoxy) is 1. The summed E-state index contributed by atoms with van der Waals surface area (Å²) >= 11 is 0. The lowest BCUT2D eigenvalue weighted by atomic mass is 10.2. The van der Waals surface area contributed by atoms with Gasteiger partial charge in [-0.05, 0) is 12.1 Å². The topological polar surface area (TPSA) is 21.3 Å². The van der Waals surface area contributed by atoms with Crippen LogP contribution >= 0.6 is 0 Å². The number of para-hydroxylation sites is 1. The van der Waals surface area contributed by atoms with Crippen LogP contribution in [0.2, 0.25) is 0 Å². The van der Waals surface area contributed by atoms with E-state index in [4.69, 9.17) is 4.74 Å². The predicted octanol–water partition coefficient (Wildman–Crippen LogP) is 3.68. The Hall–Kier alpha value is -2.13. The molecule has 0 aliphatic carbocycles. The maximum Gasteiger partial charge on any atom is 0.127 e. The van der Waals surface area contributed by atoms with Crippen molar-refractivity contribution < 1.29 is 9.13 Å². The zero-order valence-electron chi connectivity index (χ0n) is 11.3. The molecular weight excluding hydrogens is 253 g/mol. The molecule has 2 rings (SSSR count). The van der Waals surface area contributed by atoms with Crippen molar-refractivity contribution in [1.82, 2.24) is 5.32 Å². The number of nitrogens with one attached hydrogen (secondary N) is 1. The predicted molar refractivity (Wildman–Crippen MR) is 79.1 cm³/mol. The minimum absolute atomic E-state index is 0.184. The van der Waals surface area contributed by atoms with Gasteiger partial charge in [-0.25, -0.2) is 4.39 Å². The van der Waals surface area contributed by atoms with Gasteiger partial charge in [-0.1, -0.05) is 49.1 Å². The van der Waals surface area contributed by atoms with E-state index in [1.165, 1.54) is 6.07 Å². The quantitative estimate of drug-likeness (QED) is 0.776. The Balaban J connectivity index is 1.94. The smallest absolute Gasteiger partial charge is 0.127 e. The first kappa shape index (κ1) is 14.3. The fourth-order valence-corrected chi connectivity index (χ4v) is 1.91. The summed E-state index contributed by atoms with van der Waals surface area (Å²) < 4.78 is 19.1. The summed E-state index contributed by atoms with van der Waals surface area (Å²) in [7, 11) is 0. The van der Waals surface area contributed by atoms with Crippen molar-refractivity contribution in [2.24, 2.45) is 0 Å². The van der Waals surface area contributed by atoms with Gasteiger partial charge in [-0.2, -0.15) is 0 Å². The summed E-state index contributed by atoms with van der Waals surface area (Å²) in [6.07, 6.45) is 1.71. The van der Waals surface area contributed by atoms with E-state index in [0.29, 0.717) is 25.3 Å². The first-order valence-electron chi connectivity index (χ1n) is 6.57. The molecule has 0 aliphatic heterocycles. The van der Waals surface area contributed by atoms with Crippen LogP contribution in [0.1, 0.15) is 11.1 Å². The highest BCUT2D eigenvalue weighted by molar-refractivity contribution is 5.33. The zero-order chi connectivity index (χ0) is 14.2. The van der Waals surface area contributed by atoms with Crippen LogP contribution in [0.15, 0.2) is 61.2 Å². The fourth-order valence-electron chi connectivity index (χ4n) is 1.91. The molecule has 0 saturated carbocycles. The maximum absolute atomic E-state index is 13.5. The van der Waals surface area contributed by atoms with E-state index in [9.17, 15) is 4.39 Å². The van der Waals surface area contributed by atoms with Crippen LogP contribution < -0.4 is 10.1 Å².